The van der Waals surface area contributed by atoms with Crippen LogP contribution in [0.4, 0.5) is 17.1 Å². The maximum absolute atomic E-state index is 6.89. The first kappa shape index (κ1) is 29.3. The monoisotopic (exact) mass is 681 g/mol. The van der Waals surface area contributed by atoms with Gasteiger partial charge in [0.05, 0.1) is 5.41 Å². The van der Waals surface area contributed by atoms with Crippen molar-refractivity contribution in [3.05, 3.63) is 210 Å². The van der Waals surface area contributed by atoms with Crippen molar-refractivity contribution < 1.29 is 4.74 Å². The van der Waals surface area contributed by atoms with Gasteiger partial charge in [-0.1, -0.05) is 127 Å². The molecule has 2 heterocycles. The Hall–Kier alpha value is -6.42. The fraction of sp³-hybridized carbons (Fsp3) is 0.0204. The van der Waals surface area contributed by atoms with Gasteiger partial charge in [-0.05, 0) is 94.0 Å². The summed E-state index contributed by atoms with van der Waals surface area (Å²) < 4.78 is 9.43. The molecule has 0 atom stereocenters. The zero-order chi connectivity index (χ0) is 34.2. The second kappa shape index (κ2) is 11.3. The minimum absolute atomic E-state index is 0.468. The van der Waals surface area contributed by atoms with Crippen molar-refractivity contribution in [1.82, 2.24) is 0 Å². The van der Waals surface area contributed by atoms with E-state index in [1.807, 2.05) is 11.3 Å². The summed E-state index contributed by atoms with van der Waals surface area (Å²) in [5.41, 5.74) is 12.9. The molecule has 1 aliphatic heterocycles. The Labute approximate surface area is 306 Å². The minimum Gasteiger partial charge on any atom is -0.457 e. The van der Waals surface area contributed by atoms with E-state index in [0.29, 0.717) is 0 Å². The molecule has 1 spiro atoms. The zero-order valence-electron chi connectivity index (χ0n) is 28.2. The van der Waals surface area contributed by atoms with Crippen LogP contribution >= 0.6 is 11.3 Å². The molecule has 0 N–H and O–H groups in total. The molecule has 52 heavy (non-hydrogen) atoms. The van der Waals surface area contributed by atoms with Crippen LogP contribution in [0.1, 0.15) is 22.3 Å². The molecule has 9 aromatic rings. The molecule has 0 bridgehead atoms. The molecule has 11 rings (SSSR count). The summed E-state index contributed by atoms with van der Waals surface area (Å²) in [4.78, 5) is 2.31. The van der Waals surface area contributed by atoms with E-state index in [-0.39, 0.29) is 0 Å². The predicted octanol–water partition coefficient (Wildman–Crippen LogP) is 13.7. The second-order valence-corrected chi connectivity index (χ2v) is 14.7. The molecule has 0 fully saturated rings. The van der Waals surface area contributed by atoms with Gasteiger partial charge in [-0.2, -0.15) is 0 Å². The highest BCUT2D eigenvalue weighted by molar-refractivity contribution is 7.26. The lowest BCUT2D eigenvalue weighted by Gasteiger charge is -2.39. The van der Waals surface area contributed by atoms with Crippen LogP contribution < -0.4 is 9.64 Å². The van der Waals surface area contributed by atoms with Gasteiger partial charge in [-0.15, -0.1) is 11.3 Å². The maximum Gasteiger partial charge on any atom is 0.132 e. The molecule has 0 unspecified atom stereocenters. The number of hydrogen-bond donors (Lipinski definition) is 0. The second-order valence-electron chi connectivity index (χ2n) is 13.6. The average Bonchev–Trinajstić information content (AvgIpc) is 3.72. The molecular weight excluding hydrogens is 651 g/mol. The molecule has 1 aliphatic carbocycles. The van der Waals surface area contributed by atoms with E-state index in [9.17, 15) is 0 Å². The fourth-order valence-corrected chi connectivity index (χ4v) is 9.96. The van der Waals surface area contributed by atoms with Gasteiger partial charge in [0.2, 0.25) is 0 Å². The molecule has 0 radical (unpaired) electrons. The standard InChI is InChI=1S/C49H31NOS/c1-3-14-33(15-4-1)50(34-16-5-2-6-17-34)35-28-26-32(27-29-35)36-20-13-25-46-48(36)39-30-45-43(31-47(39)52-46)49(42-23-11-12-24-44(42)51-45)40-21-9-7-18-37(40)38-19-8-10-22-41(38)49/h1-31H. The van der Waals surface area contributed by atoms with Crippen molar-refractivity contribution in [3.63, 3.8) is 0 Å². The van der Waals surface area contributed by atoms with Crippen LogP contribution in [0.2, 0.25) is 0 Å². The van der Waals surface area contributed by atoms with Crippen LogP contribution in [-0.2, 0) is 5.41 Å². The fourth-order valence-electron chi connectivity index (χ4n) is 8.81. The van der Waals surface area contributed by atoms with Crippen molar-refractivity contribution in [2.45, 2.75) is 5.41 Å². The van der Waals surface area contributed by atoms with Gasteiger partial charge in [0.1, 0.15) is 11.5 Å². The van der Waals surface area contributed by atoms with Gasteiger partial charge in [-0.3, -0.25) is 0 Å². The van der Waals surface area contributed by atoms with Crippen LogP contribution in [0, 0.1) is 0 Å². The van der Waals surface area contributed by atoms with Gasteiger partial charge in [0.25, 0.3) is 0 Å². The molecule has 2 aliphatic rings. The summed E-state index contributed by atoms with van der Waals surface area (Å²) in [6.07, 6.45) is 0. The van der Waals surface area contributed by atoms with Crippen LogP contribution in [-0.4, -0.2) is 0 Å². The van der Waals surface area contributed by atoms with E-state index >= 15 is 0 Å². The number of para-hydroxylation sites is 3. The van der Waals surface area contributed by atoms with E-state index in [0.717, 1.165) is 28.6 Å². The number of rotatable bonds is 4. The molecule has 8 aromatic carbocycles. The number of anilines is 3. The Morgan fingerprint density at radius 2 is 0.962 bits per heavy atom. The number of nitrogens with zero attached hydrogens (tertiary/aromatic N) is 1. The Morgan fingerprint density at radius 1 is 0.404 bits per heavy atom. The van der Waals surface area contributed by atoms with Gasteiger partial charge in [0.15, 0.2) is 0 Å². The number of thiophene rings is 1. The summed E-state index contributed by atoms with van der Waals surface area (Å²) in [6, 6.07) is 68.1. The molecular formula is C49H31NOS. The number of fused-ring (bicyclic) bond motifs is 12. The van der Waals surface area contributed by atoms with E-state index in [4.69, 9.17) is 4.74 Å². The van der Waals surface area contributed by atoms with Gasteiger partial charge >= 0.3 is 0 Å². The molecule has 2 nitrogen and oxygen atoms in total. The highest BCUT2D eigenvalue weighted by Gasteiger charge is 2.51. The highest BCUT2D eigenvalue weighted by Crippen LogP contribution is 2.63. The Bertz CT molecular complexity index is 2730. The highest BCUT2D eigenvalue weighted by atomic mass is 32.1. The first-order valence-corrected chi connectivity index (χ1v) is 18.6. The largest absolute Gasteiger partial charge is 0.457 e. The first-order valence-electron chi connectivity index (χ1n) is 17.8. The quantitative estimate of drug-likeness (QED) is 0.183. The van der Waals surface area contributed by atoms with Crippen molar-refractivity contribution in [2.24, 2.45) is 0 Å². The van der Waals surface area contributed by atoms with Gasteiger partial charge < -0.3 is 9.64 Å². The average molecular weight is 682 g/mol. The number of ether oxygens (including phenoxy) is 1. The smallest absolute Gasteiger partial charge is 0.132 e. The third-order valence-electron chi connectivity index (χ3n) is 10.9. The minimum atomic E-state index is -0.468. The van der Waals surface area contributed by atoms with Crippen LogP contribution in [0.15, 0.2) is 188 Å². The molecule has 0 amide bonds. The predicted molar refractivity (Wildman–Crippen MR) is 217 cm³/mol. The van der Waals surface area contributed by atoms with Crippen LogP contribution in [0.3, 0.4) is 0 Å². The first-order chi connectivity index (χ1) is 25.8. The summed E-state index contributed by atoms with van der Waals surface area (Å²) in [6.45, 7) is 0. The topological polar surface area (TPSA) is 12.5 Å². The third-order valence-corrected chi connectivity index (χ3v) is 12.0. The van der Waals surface area contributed by atoms with Crippen molar-refractivity contribution in [3.8, 4) is 33.8 Å². The SMILES string of the molecule is c1ccc(N(c2ccccc2)c2ccc(-c3cccc4sc5cc6c(cc5c34)Oc3ccccc3C63c4ccccc4-c4ccccc43)cc2)cc1. The Balaban J connectivity index is 1.10. The summed E-state index contributed by atoms with van der Waals surface area (Å²) in [7, 11) is 0. The van der Waals surface area contributed by atoms with Crippen LogP contribution in [0.25, 0.3) is 42.4 Å². The van der Waals surface area contributed by atoms with E-state index in [1.54, 1.807) is 0 Å². The summed E-state index contributed by atoms with van der Waals surface area (Å²) in [5, 5.41) is 2.49. The lowest BCUT2D eigenvalue weighted by Crippen LogP contribution is -2.32. The van der Waals surface area contributed by atoms with Crippen molar-refractivity contribution in [2.75, 3.05) is 4.90 Å². The summed E-state index contributed by atoms with van der Waals surface area (Å²) in [5.74, 6) is 1.83. The molecule has 0 saturated heterocycles. The van der Waals surface area contributed by atoms with Gasteiger partial charge in [0, 0.05) is 48.4 Å². The van der Waals surface area contributed by atoms with E-state index in [2.05, 4.69) is 193 Å². The lowest BCUT2D eigenvalue weighted by molar-refractivity contribution is 0.437. The third kappa shape index (κ3) is 4.11. The molecule has 1 aromatic heterocycles. The van der Waals surface area contributed by atoms with Gasteiger partial charge in [-0.25, -0.2) is 0 Å². The molecule has 3 heteroatoms. The van der Waals surface area contributed by atoms with Crippen molar-refractivity contribution in [1.29, 1.82) is 0 Å². The Kier molecular flexibility index (Phi) is 6.37. The molecule has 0 saturated carbocycles. The van der Waals surface area contributed by atoms with E-state index < -0.39 is 5.41 Å². The molecule has 244 valence electrons. The van der Waals surface area contributed by atoms with E-state index in [1.165, 1.54) is 64.7 Å². The maximum atomic E-state index is 6.89. The lowest BCUT2D eigenvalue weighted by atomic mass is 9.66. The number of benzene rings is 8. The zero-order valence-corrected chi connectivity index (χ0v) is 29.0. The Morgan fingerprint density at radius 3 is 1.63 bits per heavy atom. The summed E-state index contributed by atoms with van der Waals surface area (Å²) >= 11 is 1.87. The number of hydrogen-bond acceptors (Lipinski definition) is 3. The normalized spacial score (nSPS) is 13.3. The van der Waals surface area contributed by atoms with Crippen LogP contribution in [0.5, 0.6) is 11.5 Å². The van der Waals surface area contributed by atoms with Crippen molar-refractivity contribution >= 4 is 48.6 Å².